The Hall–Kier alpha value is -2.01. The number of phenols is 1. The Kier molecular flexibility index (Phi) is 17.4. The summed E-state index contributed by atoms with van der Waals surface area (Å²) in [4.78, 5) is 0. The number of phenolic OH excluding ortho intramolecular Hbond substituents is 1. The second-order valence-corrected chi connectivity index (χ2v) is 11.9. The minimum absolute atomic E-state index is 0. The Balaban J connectivity index is 0. The van der Waals surface area contributed by atoms with Crippen molar-refractivity contribution >= 4 is 0 Å². The van der Waals surface area contributed by atoms with E-state index < -0.39 is 5.41 Å². The van der Waals surface area contributed by atoms with Crippen LogP contribution in [0.1, 0.15) is 88.8 Å². The van der Waals surface area contributed by atoms with E-state index in [1.807, 2.05) is 12.1 Å². The zero-order chi connectivity index (χ0) is 28.1. The minimum atomic E-state index is -0.393. The predicted molar refractivity (Wildman–Crippen MR) is 168 cm³/mol. The number of aliphatic hydroxyl groups excluding tert-OH is 1. The van der Waals surface area contributed by atoms with Crippen LogP contribution in [0.25, 0.3) is 0 Å². The van der Waals surface area contributed by atoms with Crippen LogP contribution in [-0.4, -0.2) is 27.3 Å². The van der Waals surface area contributed by atoms with Gasteiger partial charge in [0.05, 0.1) is 0 Å². The van der Waals surface area contributed by atoms with Gasteiger partial charge >= 0.3 is 0 Å². The molecular weight excluding hydrogens is 592 g/mol. The molecule has 4 aromatic rings. The summed E-state index contributed by atoms with van der Waals surface area (Å²) in [6, 6.07) is 35.9. The number of hydrogen-bond acceptors (Lipinski definition) is 2. The van der Waals surface area contributed by atoms with Crippen LogP contribution in [0.3, 0.4) is 0 Å². The maximum Gasteiger partial charge on any atom is 0.119 e. The Morgan fingerprint density at radius 2 is 0.762 bits per heavy atom. The second-order valence-electron chi connectivity index (χ2n) is 11.9. The summed E-state index contributed by atoms with van der Waals surface area (Å²) in [6.07, 6.45) is -0.167. The molecule has 0 atom stereocenters. The number of hydrogen-bond donors (Lipinski definition) is 2. The molecule has 4 nitrogen and oxygen atoms in total. The molecule has 224 valence electrons. The van der Waals surface area contributed by atoms with Crippen LogP contribution < -0.4 is 0 Å². The van der Waals surface area contributed by atoms with Gasteiger partial charge in [-0.05, 0) is 47.7 Å². The van der Waals surface area contributed by atoms with E-state index in [0.29, 0.717) is 5.75 Å². The van der Waals surface area contributed by atoms with Crippen molar-refractivity contribution in [3.63, 3.8) is 0 Å². The molecule has 0 fully saturated rings. The molecule has 0 spiro atoms. The van der Waals surface area contributed by atoms with E-state index in [1.54, 1.807) is 13.8 Å². The Labute approximate surface area is 283 Å². The van der Waals surface area contributed by atoms with Gasteiger partial charge in [-0.25, -0.2) is 0 Å². The van der Waals surface area contributed by atoms with E-state index >= 15 is 0 Å². The second kappa shape index (κ2) is 17.3. The van der Waals surface area contributed by atoms with Gasteiger partial charge in [0, 0.05) is 71.3 Å². The Morgan fingerprint density at radius 1 is 0.476 bits per heavy atom. The smallest absolute Gasteiger partial charge is 0.119 e. The Morgan fingerprint density at radius 3 is 1.10 bits per heavy atom. The van der Waals surface area contributed by atoms with Gasteiger partial charge < -0.3 is 21.2 Å². The normalized spacial score (nSPS) is 11.0. The maximum atomic E-state index is 11.5. The summed E-state index contributed by atoms with van der Waals surface area (Å²) < 4.78 is 0. The van der Waals surface area contributed by atoms with Crippen molar-refractivity contribution < 1.29 is 64.6 Å². The average Bonchev–Trinajstić information content (AvgIpc) is 2.89. The van der Waals surface area contributed by atoms with E-state index in [0.717, 1.165) is 5.56 Å². The molecule has 42 heavy (non-hydrogen) atoms. The molecule has 4 rings (SSSR count). The van der Waals surface area contributed by atoms with Gasteiger partial charge in [-0.2, -0.15) is 0 Å². The van der Waals surface area contributed by atoms with E-state index in [-0.39, 0.29) is 71.3 Å². The number of aromatic hydroxyl groups is 1. The quantitative estimate of drug-likeness (QED) is 0.220. The summed E-state index contributed by atoms with van der Waals surface area (Å²) in [7, 11) is 0. The SMILES string of the molecule is CC(C)(c1ccccc1)c1ccc(O)c(C(C)(C)c2ccccc2)c1C(C)(C)c1ccccc1.CC(C)O.O.O.[Ti].[Ti]. The molecule has 0 aromatic heterocycles. The molecular formula is C36H48O4Ti2. The fourth-order valence-corrected chi connectivity index (χ4v) is 5.40. The number of benzene rings is 4. The standard InChI is InChI=1S/C33H36O.C3H8O.2H2O.2Ti/c1-31(2,24-16-10-7-11-17-24)27-22-23-28(34)30(33(5,6)26-20-14-9-15-21-26)29(27)32(3,4)25-18-12-8-13-19-25;1-3(2)4;;;;/h7-23,34H,1-6H3;3-4H,1-2H3;2*1H2;;. The van der Waals surface area contributed by atoms with Crippen molar-refractivity contribution in [2.75, 3.05) is 0 Å². The third-order valence-corrected chi connectivity index (χ3v) is 7.59. The third kappa shape index (κ3) is 9.24. The summed E-state index contributed by atoms with van der Waals surface area (Å²) in [5, 5.41) is 19.5. The van der Waals surface area contributed by atoms with E-state index in [1.165, 1.54) is 27.8 Å². The molecule has 0 bridgehead atoms. The van der Waals surface area contributed by atoms with Gasteiger partial charge in [-0.1, -0.05) is 139 Å². The Bertz CT molecular complexity index is 1320. The first-order valence-corrected chi connectivity index (χ1v) is 13.5. The van der Waals surface area contributed by atoms with Gasteiger partial charge in [-0.3, -0.25) is 0 Å². The largest absolute Gasteiger partial charge is 0.508 e. The summed E-state index contributed by atoms with van der Waals surface area (Å²) >= 11 is 0. The summed E-state index contributed by atoms with van der Waals surface area (Å²) in [5.74, 6) is 0.348. The van der Waals surface area contributed by atoms with Gasteiger partial charge in [0.1, 0.15) is 5.75 Å². The fraction of sp³-hybridized carbons (Fsp3) is 0.333. The van der Waals surface area contributed by atoms with Crippen molar-refractivity contribution in [1.29, 1.82) is 0 Å². The molecule has 0 heterocycles. The molecule has 6 heteroatoms. The first-order valence-electron chi connectivity index (χ1n) is 13.5. The molecule has 4 aromatic carbocycles. The van der Waals surface area contributed by atoms with Crippen LogP contribution in [0, 0.1) is 0 Å². The molecule has 0 radical (unpaired) electrons. The topological polar surface area (TPSA) is 103 Å². The van der Waals surface area contributed by atoms with E-state index in [4.69, 9.17) is 5.11 Å². The van der Waals surface area contributed by atoms with Gasteiger partial charge in [0.2, 0.25) is 0 Å². The van der Waals surface area contributed by atoms with Crippen molar-refractivity contribution in [2.45, 2.75) is 77.7 Å². The zero-order valence-electron chi connectivity index (χ0n) is 26.3. The molecule has 0 aliphatic heterocycles. The van der Waals surface area contributed by atoms with Crippen molar-refractivity contribution in [3.05, 3.63) is 137 Å². The molecule has 0 amide bonds. The zero-order valence-corrected chi connectivity index (χ0v) is 29.4. The van der Waals surface area contributed by atoms with Gasteiger partial charge in [-0.15, -0.1) is 0 Å². The first kappa shape index (κ1) is 42.1. The van der Waals surface area contributed by atoms with Crippen LogP contribution >= 0.6 is 0 Å². The molecule has 0 aliphatic carbocycles. The van der Waals surface area contributed by atoms with Gasteiger partial charge in [0.25, 0.3) is 0 Å². The summed E-state index contributed by atoms with van der Waals surface area (Å²) in [5.41, 5.74) is 6.13. The molecule has 0 unspecified atom stereocenters. The number of rotatable bonds is 6. The monoisotopic (exact) mass is 640 g/mol. The van der Waals surface area contributed by atoms with Crippen molar-refractivity contribution in [3.8, 4) is 5.75 Å². The molecule has 6 N–H and O–H groups in total. The van der Waals surface area contributed by atoms with Crippen LogP contribution in [0.4, 0.5) is 0 Å². The molecule has 0 saturated heterocycles. The number of aliphatic hydroxyl groups is 1. The predicted octanol–water partition coefficient (Wildman–Crippen LogP) is 7.10. The average molecular weight is 641 g/mol. The van der Waals surface area contributed by atoms with E-state index in [9.17, 15) is 5.11 Å². The van der Waals surface area contributed by atoms with Crippen LogP contribution in [0.2, 0.25) is 0 Å². The summed E-state index contributed by atoms with van der Waals surface area (Å²) in [6.45, 7) is 17.0. The first-order chi connectivity index (χ1) is 17.8. The van der Waals surface area contributed by atoms with E-state index in [2.05, 4.69) is 133 Å². The van der Waals surface area contributed by atoms with Gasteiger partial charge in [0.15, 0.2) is 0 Å². The van der Waals surface area contributed by atoms with Crippen LogP contribution in [0.15, 0.2) is 103 Å². The van der Waals surface area contributed by atoms with Crippen molar-refractivity contribution in [2.24, 2.45) is 0 Å². The van der Waals surface area contributed by atoms with Crippen LogP contribution in [0.5, 0.6) is 5.75 Å². The molecule has 0 saturated carbocycles. The van der Waals surface area contributed by atoms with Crippen molar-refractivity contribution in [1.82, 2.24) is 0 Å². The van der Waals surface area contributed by atoms with Crippen LogP contribution in [-0.2, 0) is 59.7 Å². The maximum absolute atomic E-state index is 11.5. The minimum Gasteiger partial charge on any atom is -0.508 e. The molecule has 0 aliphatic rings. The third-order valence-electron chi connectivity index (χ3n) is 7.59. The fourth-order valence-electron chi connectivity index (χ4n) is 5.40.